The average Bonchev–Trinajstić information content (AvgIpc) is 3.19. The highest BCUT2D eigenvalue weighted by Crippen LogP contribution is 2.35. The zero-order valence-corrected chi connectivity index (χ0v) is 11.8. The van der Waals surface area contributed by atoms with Gasteiger partial charge in [-0.2, -0.15) is 5.26 Å². The Morgan fingerprint density at radius 2 is 2.19 bits per heavy atom. The largest absolute Gasteiger partial charge is 0.467 e. The lowest BCUT2D eigenvalue weighted by Gasteiger charge is -2.28. The van der Waals surface area contributed by atoms with E-state index in [9.17, 15) is 4.79 Å². The molecule has 21 heavy (non-hydrogen) atoms. The summed E-state index contributed by atoms with van der Waals surface area (Å²) < 4.78 is 5.44. The highest BCUT2D eigenvalue weighted by Gasteiger charge is 2.37. The molecule has 2 aromatic rings. The molecule has 0 radical (unpaired) electrons. The van der Waals surface area contributed by atoms with E-state index in [0.29, 0.717) is 11.1 Å². The molecule has 0 unspecified atom stereocenters. The predicted octanol–water partition coefficient (Wildman–Crippen LogP) is 3.52. The lowest BCUT2D eigenvalue weighted by molar-refractivity contribution is 0.0652. The van der Waals surface area contributed by atoms with Gasteiger partial charge in [0, 0.05) is 11.6 Å². The van der Waals surface area contributed by atoms with E-state index in [1.54, 1.807) is 30.5 Å². The molecule has 4 heteroatoms. The van der Waals surface area contributed by atoms with Crippen LogP contribution in [0, 0.1) is 11.3 Å². The molecule has 1 atom stereocenters. The van der Waals surface area contributed by atoms with Crippen molar-refractivity contribution in [1.82, 2.24) is 4.90 Å². The van der Waals surface area contributed by atoms with Crippen molar-refractivity contribution in [3.8, 4) is 6.07 Å². The normalized spacial score (nSPS) is 15.2. The first kappa shape index (κ1) is 13.4. The Morgan fingerprint density at radius 1 is 1.38 bits per heavy atom. The molecule has 1 fully saturated rings. The maximum atomic E-state index is 12.8. The molecule has 0 bridgehead atoms. The lowest BCUT2D eigenvalue weighted by atomic mass is 10.1. The minimum absolute atomic E-state index is 0.0431. The van der Waals surface area contributed by atoms with Crippen molar-refractivity contribution in [2.24, 2.45) is 0 Å². The number of hydrogen-bond donors (Lipinski definition) is 0. The van der Waals surface area contributed by atoms with Crippen molar-refractivity contribution in [3.63, 3.8) is 0 Å². The topological polar surface area (TPSA) is 57.2 Å². The van der Waals surface area contributed by atoms with E-state index in [2.05, 4.69) is 6.07 Å². The molecule has 1 saturated carbocycles. The monoisotopic (exact) mass is 280 g/mol. The third-order valence-corrected chi connectivity index (χ3v) is 3.79. The minimum atomic E-state index is -0.106. The Kier molecular flexibility index (Phi) is 3.49. The first-order valence-corrected chi connectivity index (χ1v) is 7.07. The smallest absolute Gasteiger partial charge is 0.254 e. The molecule has 106 valence electrons. The number of carbonyl (C=O) groups is 1. The van der Waals surface area contributed by atoms with E-state index in [1.807, 2.05) is 24.0 Å². The molecule has 1 aliphatic rings. The van der Waals surface area contributed by atoms with Crippen LogP contribution in [0.25, 0.3) is 0 Å². The Morgan fingerprint density at radius 3 is 2.81 bits per heavy atom. The number of carbonyl (C=O) groups excluding carboxylic acids is 1. The molecule has 1 aliphatic carbocycles. The van der Waals surface area contributed by atoms with Gasteiger partial charge in [-0.3, -0.25) is 4.79 Å². The van der Waals surface area contributed by atoms with E-state index in [4.69, 9.17) is 9.68 Å². The molecule has 0 aliphatic heterocycles. The second-order valence-electron chi connectivity index (χ2n) is 5.33. The van der Waals surface area contributed by atoms with Crippen molar-refractivity contribution in [3.05, 3.63) is 59.5 Å². The van der Waals surface area contributed by atoms with Crippen molar-refractivity contribution < 1.29 is 9.21 Å². The summed E-state index contributed by atoms with van der Waals surface area (Å²) in [5, 5.41) is 8.97. The standard InChI is InChI=1S/C17H16N2O2/c1-12(16-6-3-9-21-16)19(15-7-8-15)17(20)14-5-2-4-13(10-14)11-18/h2-6,9-10,12,15H,7-8H2,1H3/t12-/m1/s1. The maximum Gasteiger partial charge on any atom is 0.254 e. The van der Waals surface area contributed by atoms with E-state index in [0.717, 1.165) is 18.6 Å². The summed E-state index contributed by atoms with van der Waals surface area (Å²) in [6.07, 6.45) is 3.67. The Hall–Kier alpha value is -2.54. The highest BCUT2D eigenvalue weighted by atomic mass is 16.3. The first-order valence-electron chi connectivity index (χ1n) is 7.07. The van der Waals surface area contributed by atoms with Gasteiger partial charge in [-0.25, -0.2) is 0 Å². The molecular formula is C17H16N2O2. The van der Waals surface area contributed by atoms with E-state index in [-0.39, 0.29) is 18.0 Å². The van der Waals surface area contributed by atoms with E-state index >= 15 is 0 Å². The van der Waals surface area contributed by atoms with E-state index in [1.165, 1.54) is 0 Å². The molecule has 0 spiro atoms. The van der Waals surface area contributed by atoms with Crippen LogP contribution < -0.4 is 0 Å². The van der Waals surface area contributed by atoms with Crippen LogP contribution in [0.2, 0.25) is 0 Å². The fraction of sp³-hybridized carbons (Fsp3) is 0.294. The summed E-state index contributed by atoms with van der Waals surface area (Å²) in [4.78, 5) is 14.7. The Balaban J connectivity index is 1.90. The van der Waals surface area contributed by atoms with Crippen molar-refractivity contribution in [1.29, 1.82) is 5.26 Å². The zero-order valence-electron chi connectivity index (χ0n) is 11.8. The van der Waals surface area contributed by atoms with Crippen LogP contribution in [-0.2, 0) is 0 Å². The van der Waals surface area contributed by atoms with E-state index < -0.39 is 0 Å². The lowest BCUT2D eigenvalue weighted by Crippen LogP contribution is -2.35. The van der Waals surface area contributed by atoms with Gasteiger partial charge in [-0.05, 0) is 50.1 Å². The third kappa shape index (κ3) is 2.68. The van der Waals surface area contributed by atoms with Crippen LogP contribution in [0.3, 0.4) is 0 Å². The molecule has 0 saturated heterocycles. The van der Waals surface area contributed by atoms with Crippen molar-refractivity contribution in [2.45, 2.75) is 31.8 Å². The highest BCUT2D eigenvalue weighted by molar-refractivity contribution is 5.95. The molecular weight excluding hydrogens is 264 g/mol. The van der Waals surface area contributed by atoms with Crippen molar-refractivity contribution in [2.75, 3.05) is 0 Å². The molecule has 1 heterocycles. The van der Waals surface area contributed by atoms with Crippen LogP contribution in [0.4, 0.5) is 0 Å². The average molecular weight is 280 g/mol. The number of hydrogen-bond acceptors (Lipinski definition) is 3. The predicted molar refractivity (Wildman–Crippen MR) is 77.5 cm³/mol. The number of nitriles is 1. The SMILES string of the molecule is C[C@H](c1ccco1)N(C(=O)c1cccc(C#N)c1)C1CC1. The quantitative estimate of drug-likeness (QED) is 0.861. The van der Waals surface area contributed by atoms with Crippen LogP contribution in [-0.4, -0.2) is 16.8 Å². The zero-order chi connectivity index (χ0) is 14.8. The minimum Gasteiger partial charge on any atom is -0.467 e. The van der Waals surface area contributed by atoms with Gasteiger partial charge in [-0.1, -0.05) is 6.07 Å². The van der Waals surface area contributed by atoms with Gasteiger partial charge in [-0.15, -0.1) is 0 Å². The molecule has 3 rings (SSSR count). The van der Waals surface area contributed by atoms with Crippen molar-refractivity contribution >= 4 is 5.91 Å². The third-order valence-electron chi connectivity index (χ3n) is 3.79. The number of furan rings is 1. The number of rotatable bonds is 4. The summed E-state index contributed by atoms with van der Waals surface area (Å²) in [6, 6.07) is 12.8. The fourth-order valence-electron chi connectivity index (χ4n) is 2.55. The number of amides is 1. The Labute approximate surface area is 123 Å². The summed E-state index contributed by atoms with van der Waals surface area (Å²) in [7, 11) is 0. The second-order valence-corrected chi connectivity index (χ2v) is 5.33. The molecule has 4 nitrogen and oxygen atoms in total. The first-order chi connectivity index (χ1) is 10.2. The van der Waals surface area contributed by atoms with Crippen LogP contribution in [0.1, 0.15) is 47.5 Å². The van der Waals surface area contributed by atoms with Gasteiger partial charge < -0.3 is 9.32 Å². The summed E-state index contributed by atoms with van der Waals surface area (Å²) in [6.45, 7) is 1.98. The summed E-state index contributed by atoms with van der Waals surface area (Å²) in [5.74, 6) is 0.741. The molecule has 1 amide bonds. The van der Waals surface area contributed by atoms with Crippen LogP contribution in [0.5, 0.6) is 0 Å². The summed E-state index contributed by atoms with van der Waals surface area (Å²) in [5.41, 5.74) is 1.06. The van der Waals surface area contributed by atoms with Gasteiger partial charge in [0.05, 0.1) is 23.9 Å². The van der Waals surface area contributed by atoms with Gasteiger partial charge in [0.2, 0.25) is 0 Å². The number of nitrogens with zero attached hydrogens (tertiary/aromatic N) is 2. The Bertz CT molecular complexity index is 681. The van der Waals surface area contributed by atoms with Gasteiger partial charge in [0.15, 0.2) is 0 Å². The maximum absolute atomic E-state index is 12.8. The molecule has 1 aromatic carbocycles. The molecule has 0 N–H and O–H groups in total. The van der Waals surface area contributed by atoms with Crippen LogP contribution in [0.15, 0.2) is 47.1 Å². The van der Waals surface area contributed by atoms with Gasteiger partial charge in [0.1, 0.15) is 5.76 Å². The number of benzene rings is 1. The summed E-state index contributed by atoms with van der Waals surface area (Å²) >= 11 is 0. The molecule has 1 aromatic heterocycles. The van der Waals surface area contributed by atoms with Crippen LogP contribution >= 0.6 is 0 Å². The second kappa shape index (κ2) is 5.45. The van der Waals surface area contributed by atoms with Gasteiger partial charge >= 0.3 is 0 Å². The van der Waals surface area contributed by atoms with Gasteiger partial charge in [0.25, 0.3) is 5.91 Å². The fourth-order valence-corrected chi connectivity index (χ4v) is 2.55.